The summed E-state index contributed by atoms with van der Waals surface area (Å²) in [5.41, 5.74) is 1.64. The summed E-state index contributed by atoms with van der Waals surface area (Å²) in [6.07, 6.45) is 12.9. The lowest BCUT2D eigenvalue weighted by Gasteiger charge is -2.13. The fraction of sp³-hybridized carbons (Fsp3) is 0.643. The van der Waals surface area contributed by atoms with Gasteiger partial charge in [0.2, 0.25) is 0 Å². The van der Waals surface area contributed by atoms with Crippen LogP contribution in [0, 0.1) is 0 Å². The van der Waals surface area contributed by atoms with Crippen molar-refractivity contribution in [3.63, 3.8) is 0 Å². The van der Waals surface area contributed by atoms with Gasteiger partial charge in [0.05, 0.1) is 6.54 Å². The van der Waals surface area contributed by atoms with Crippen LogP contribution in [0.15, 0.2) is 24.0 Å². The summed E-state index contributed by atoms with van der Waals surface area (Å²) in [5.74, 6) is 1.14. The Morgan fingerprint density at radius 1 is 1.41 bits per heavy atom. The van der Waals surface area contributed by atoms with Gasteiger partial charge in [0.15, 0.2) is 0 Å². The van der Waals surface area contributed by atoms with Crippen LogP contribution in [0.1, 0.15) is 44.9 Å². The second kappa shape index (κ2) is 6.60. The SMILES string of the molecule is CCn1ccnc1CNCCC1=CCCCC1. The molecule has 1 aromatic heterocycles. The van der Waals surface area contributed by atoms with E-state index in [1.165, 1.54) is 32.1 Å². The number of aromatic nitrogens is 2. The van der Waals surface area contributed by atoms with Crippen LogP contribution in [0.4, 0.5) is 0 Å². The van der Waals surface area contributed by atoms with Crippen molar-refractivity contribution >= 4 is 0 Å². The molecule has 3 heteroatoms. The van der Waals surface area contributed by atoms with Crippen LogP contribution in [-0.2, 0) is 13.1 Å². The van der Waals surface area contributed by atoms with E-state index in [1.807, 2.05) is 12.4 Å². The molecule has 0 fully saturated rings. The van der Waals surface area contributed by atoms with Gasteiger partial charge >= 0.3 is 0 Å². The lowest BCUT2D eigenvalue weighted by atomic mass is 9.97. The lowest BCUT2D eigenvalue weighted by molar-refractivity contribution is 0.596. The van der Waals surface area contributed by atoms with E-state index < -0.39 is 0 Å². The van der Waals surface area contributed by atoms with E-state index in [2.05, 4.69) is 27.9 Å². The summed E-state index contributed by atoms with van der Waals surface area (Å²) in [5, 5.41) is 3.49. The van der Waals surface area contributed by atoms with Gasteiger partial charge in [-0.15, -0.1) is 0 Å². The highest BCUT2D eigenvalue weighted by molar-refractivity contribution is 5.05. The summed E-state index contributed by atoms with van der Waals surface area (Å²) in [6, 6.07) is 0. The molecule has 1 aliphatic rings. The van der Waals surface area contributed by atoms with Crippen molar-refractivity contribution < 1.29 is 0 Å². The lowest BCUT2D eigenvalue weighted by Crippen LogP contribution is -2.18. The summed E-state index contributed by atoms with van der Waals surface area (Å²) in [6.45, 7) is 5.11. The molecule has 0 saturated carbocycles. The van der Waals surface area contributed by atoms with Gasteiger partial charge in [0.1, 0.15) is 5.82 Å². The number of nitrogens with one attached hydrogen (secondary N) is 1. The zero-order valence-electron chi connectivity index (χ0n) is 10.8. The number of nitrogens with zero attached hydrogens (tertiary/aromatic N) is 2. The van der Waals surface area contributed by atoms with Crippen LogP contribution in [0.2, 0.25) is 0 Å². The molecule has 0 unspecified atom stereocenters. The molecular weight excluding hydrogens is 210 g/mol. The topological polar surface area (TPSA) is 29.9 Å². The Kier molecular flexibility index (Phi) is 4.80. The molecule has 0 saturated heterocycles. The third-order valence-corrected chi connectivity index (χ3v) is 3.43. The maximum absolute atomic E-state index is 4.36. The van der Waals surface area contributed by atoms with Crippen molar-refractivity contribution in [2.24, 2.45) is 0 Å². The molecule has 17 heavy (non-hydrogen) atoms. The molecule has 0 aromatic carbocycles. The van der Waals surface area contributed by atoms with Gasteiger partial charge in [0, 0.05) is 18.9 Å². The maximum atomic E-state index is 4.36. The standard InChI is InChI=1S/C14H23N3/c1-2-17-11-10-16-14(17)12-15-9-8-13-6-4-3-5-7-13/h6,10-11,15H,2-5,7-9,12H2,1H3. The smallest absolute Gasteiger partial charge is 0.122 e. The molecule has 0 atom stereocenters. The minimum absolute atomic E-state index is 0.883. The third-order valence-electron chi connectivity index (χ3n) is 3.43. The molecule has 3 nitrogen and oxygen atoms in total. The Morgan fingerprint density at radius 3 is 3.12 bits per heavy atom. The molecule has 0 radical (unpaired) electrons. The van der Waals surface area contributed by atoms with Gasteiger partial charge < -0.3 is 9.88 Å². The predicted octanol–water partition coefficient (Wildman–Crippen LogP) is 2.88. The average Bonchev–Trinajstić information content (AvgIpc) is 2.83. The maximum Gasteiger partial charge on any atom is 0.122 e. The Bertz CT molecular complexity index is 365. The van der Waals surface area contributed by atoms with E-state index >= 15 is 0 Å². The Balaban J connectivity index is 1.67. The van der Waals surface area contributed by atoms with Crippen molar-refractivity contribution in [2.75, 3.05) is 6.54 Å². The molecule has 94 valence electrons. The Hall–Kier alpha value is -1.09. The Labute approximate surface area is 104 Å². The van der Waals surface area contributed by atoms with Crippen LogP contribution >= 0.6 is 0 Å². The number of hydrogen-bond donors (Lipinski definition) is 1. The van der Waals surface area contributed by atoms with E-state index in [1.54, 1.807) is 5.57 Å². The van der Waals surface area contributed by atoms with Crippen LogP contribution in [0.5, 0.6) is 0 Å². The number of imidazole rings is 1. The normalized spacial score (nSPS) is 15.9. The first-order chi connectivity index (χ1) is 8.40. The first-order valence-electron chi connectivity index (χ1n) is 6.78. The number of hydrogen-bond acceptors (Lipinski definition) is 2. The van der Waals surface area contributed by atoms with Crippen molar-refractivity contribution in [2.45, 2.75) is 52.1 Å². The van der Waals surface area contributed by atoms with Crippen molar-refractivity contribution in [3.8, 4) is 0 Å². The summed E-state index contributed by atoms with van der Waals surface area (Å²) in [4.78, 5) is 4.36. The molecular formula is C14H23N3. The van der Waals surface area contributed by atoms with Crippen LogP contribution in [0.3, 0.4) is 0 Å². The van der Waals surface area contributed by atoms with Gasteiger partial charge in [-0.1, -0.05) is 11.6 Å². The minimum Gasteiger partial charge on any atom is -0.334 e. The largest absolute Gasteiger partial charge is 0.334 e. The minimum atomic E-state index is 0.883. The van der Waals surface area contributed by atoms with Crippen LogP contribution in [0.25, 0.3) is 0 Å². The zero-order valence-corrected chi connectivity index (χ0v) is 10.8. The number of aryl methyl sites for hydroxylation is 1. The monoisotopic (exact) mass is 233 g/mol. The summed E-state index contributed by atoms with van der Waals surface area (Å²) < 4.78 is 2.19. The third kappa shape index (κ3) is 3.70. The first kappa shape index (κ1) is 12.4. The summed E-state index contributed by atoms with van der Waals surface area (Å²) in [7, 11) is 0. The molecule has 1 heterocycles. The highest BCUT2D eigenvalue weighted by Gasteiger charge is 2.04. The fourth-order valence-electron chi connectivity index (χ4n) is 2.38. The van der Waals surface area contributed by atoms with Gasteiger partial charge in [-0.2, -0.15) is 0 Å². The molecule has 0 spiro atoms. The van der Waals surface area contributed by atoms with Gasteiger partial charge in [-0.05, 0) is 45.6 Å². The second-order valence-corrected chi connectivity index (χ2v) is 4.66. The molecule has 0 aliphatic heterocycles. The van der Waals surface area contributed by atoms with E-state index in [0.29, 0.717) is 0 Å². The van der Waals surface area contributed by atoms with Crippen LogP contribution in [-0.4, -0.2) is 16.1 Å². The zero-order chi connectivity index (χ0) is 11.9. The molecule has 0 bridgehead atoms. The van der Waals surface area contributed by atoms with Crippen molar-refractivity contribution in [1.82, 2.24) is 14.9 Å². The fourth-order valence-corrected chi connectivity index (χ4v) is 2.38. The highest BCUT2D eigenvalue weighted by Crippen LogP contribution is 2.19. The van der Waals surface area contributed by atoms with E-state index in [9.17, 15) is 0 Å². The summed E-state index contributed by atoms with van der Waals surface area (Å²) >= 11 is 0. The van der Waals surface area contributed by atoms with E-state index in [-0.39, 0.29) is 0 Å². The van der Waals surface area contributed by atoms with Gasteiger partial charge in [0.25, 0.3) is 0 Å². The molecule has 1 N–H and O–H groups in total. The molecule has 0 amide bonds. The van der Waals surface area contributed by atoms with Gasteiger partial charge in [-0.3, -0.25) is 0 Å². The van der Waals surface area contributed by atoms with Crippen LogP contribution < -0.4 is 5.32 Å². The quantitative estimate of drug-likeness (QED) is 0.605. The van der Waals surface area contributed by atoms with Crippen molar-refractivity contribution in [1.29, 1.82) is 0 Å². The predicted molar refractivity (Wildman–Crippen MR) is 70.8 cm³/mol. The molecule has 1 aromatic rings. The number of rotatable bonds is 6. The number of allylic oxidation sites excluding steroid dienone is 1. The average molecular weight is 233 g/mol. The van der Waals surface area contributed by atoms with Crippen molar-refractivity contribution in [3.05, 3.63) is 29.9 Å². The van der Waals surface area contributed by atoms with E-state index in [4.69, 9.17) is 0 Å². The van der Waals surface area contributed by atoms with Gasteiger partial charge in [-0.25, -0.2) is 4.98 Å². The highest BCUT2D eigenvalue weighted by atomic mass is 15.1. The first-order valence-corrected chi connectivity index (χ1v) is 6.78. The molecule has 1 aliphatic carbocycles. The molecule has 2 rings (SSSR count). The Morgan fingerprint density at radius 2 is 2.35 bits per heavy atom. The van der Waals surface area contributed by atoms with E-state index in [0.717, 1.165) is 25.5 Å². The second-order valence-electron chi connectivity index (χ2n) is 4.66.